The summed E-state index contributed by atoms with van der Waals surface area (Å²) in [6.45, 7) is 0.358. The summed E-state index contributed by atoms with van der Waals surface area (Å²) in [6.07, 6.45) is 1.91. The van der Waals surface area contributed by atoms with Crippen LogP contribution in [0.2, 0.25) is 0 Å². The van der Waals surface area contributed by atoms with Crippen molar-refractivity contribution >= 4 is 17.5 Å². The first-order valence-corrected chi connectivity index (χ1v) is 4.43. The number of aromatic nitrogens is 3. The van der Waals surface area contributed by atoms with Gasteiger partial charge in [0.25, 0.3) is 0 Å². The highest BCUT2D eigenvalue weighted by Gasteiger charge is 2.02. The first-order valence-electron chi connectivity index (χ1n) is 3.89. The molecule has 1 heterocycles. The molecule has 0 aliphatic heterocycles. The largest absolute Gasteiger partial charge is 0.349 e. The molecule has 0 atom stereocenters. The molecule has 1 rings (SSSR count). The van der Waals surface area contributed by atoms with Crippen LogP contribution in [0.3, 0.4) is 0 Å². The molecule has 6 heteroatoms. The third-order valence-electron chi connectivity index (χ3n) is 1.41. The predicted molar refractivity (Wildman–Crippen MR) is 48.2 cm³/mol. The van der Waals surface area contributed by atoms with E-state index < -0.39 is 0 Å². The number of hydrogen-bond donors (Lipinski definition) is 1. The molecule has 1 N–H and O–H groups in total. The predicted octanol–water partition coefficient (Wildman–Crippen LogP) is 0.0602. The fourth-order valence-corrected chi connectivity index (χ4v) is 0.988. The lowest BCUT2D eigenvalue weighted by molar-refractivity contribution is -0.120. The van der Waals surface area contributed by atoms with Crippen LogP contribution in [0.4, 0.5) is 0 Å². The zero-order chi connectivity index (χ0) is 9.68. The maximum atomic E-state index is 11.0. The number of carbonyl (C=O) groups is 1. The number of nitrogens with zero attached hydrogens (tertiary/aromatic N) is 3. The Labute approximate surface area is 81.1 Å². The Morgan fingerprint density at radius 1 is 1.77 bits per heavy atom. The van der Waals surface area contributed by atoms with Crippen molar-refractivity contribution in [3.05, 3.63) is 12.2 Å². The van der Waals surface area contributed by atoms with Crippen LogP contribution in [-0.4, -0.2) is 26.6 Å². The molecule has 72 valence electrons. The van der Waals surface area contributed by atoms with Crippen LogP contribution in [0.15, 0.2) is 6.33 Å². The summed E-state index contributed by atoms with van der Waals surface area (Å²) >= 11 is 5.39. The van der Waals surface area contributed by atoms with E-state index in [9.17, 15) is 4.79 Å². The number of carbonyl (C=O) groups excluding carboxylic acids is 1. The van der Waals surface area contributed by atoms with Crippen molar-refractivity contribution in [2.75, 3.05) is 5.88 Å². The van der Waals surface area contributed by atoms with Crippen LogP contribution in [0, 0.1) is 0 Å². The van der Waals surface area contributed by atoms with E-state index >= 15 is 0 Å². The SMILES string of the molecule is Cn1cnc(CNC(=O)CCCl)n1. The van der Waals surface area contributed by atoms with Gasteiger partial charge in [0.05, 0.1) is 6.54 Å². The Morgan fingerprint density at radius 3 is 3.08 bits per heavy atom. The molecule has 0 aliphatic carbocycles. The molecular weight excluding hydrogens is 192 g/mol. The summed E-state index contributed by atoms with van der Waals surface area (Å²) in [6, 6.07) is 0. The summed E-state index contributed by atoms with van der Waals surface area (Å²) in [5.74, 6) is 0.856. The standard InChI is InChI=1S/C7H11ClN4O/c1-12-5-10-6(11-12)4-9-7(13)2-3-8/h5H,2-4H2,1H3,(H,9,13). The van der Waals surface area contributed by atoms with Crippen LogP contribution >= 0.6 is 11.6 Å². The topological polar surface area (TPSA) is 59.8 Å². The molecule has 1 aromatic heterocycles. The summed E-state index contributed by atoms with van der Waals surface area (Å²) in [4.78, 5) is 14.9. The summed E-state index contributed by atoms with van der Waals surface area (Å²) in [5, 5.41) is 6.65. The fraction of sp³-hybridized carbons (Fsp3) is 0.571. The summed E-state index contributed by atoms with van der Waals surface area (Å²) < 4.78 is 1.59. The molecule has 0 saturated heterocycles. The van der Waals surface area contributed by atoms with E-state index in [0.29, 0.717) is 24.7 Å². The molecule has 1 amide bonds. The fourth-order valence-electron chi connectivity index (χ4n) is 0.817. The van der Waals surface area contributed by atoms with Crippen LogP contribution in [-0.2, 0) is 18.4 Å². The monoisotopic (exact) mass is 202 g/mol. The Bertz CT molecular complexity index is 286. The molecule has 0 spiro atoms. The van der Waals surface area contributed by atoms with Gasteiger partial charge < -0.3 is 5.32 Å². The molecule has 5 nitrogen and oxygen atoms in total. The Balaban J connectivity index is 2.30. The highest BCUT2D eigenvalue weighted by molar-refractivity contribution is 6.18. The Hall–Kier alpha value is -1.10. The van der Waals surface area contributed by atoms with Crippen molar-refractivity contribution in [3.8, 4) is 0 Å². The highest BCUT2D eigenvalue weighted by atomic mass is 35.5. The minimum Gasteiger partial charge on any atom is -0.349 e. The number of halogens is 1. The number of aryl methyl sites for hydroxylation is 1. The Kier molecular flexibility index (Phi) is 3.70. The summed E-state index contributed by atoms with van der Waals surface area (Å²) in [7, 11) is 1.77. The molecule has 0 aromatic carbocycles. The number of amides is 1. The summed E-state index contributed by atoms with van der Waals surface area (Å²) in [5.41, 5.74) is 0. The third kappa shape index (κ3) is 3.42. The van der Waals surface area contributed by atoms with E-state index in [1.54, 1.807) is 18.1 Å². The van der Waals surface area contributed by atoms with E-state index in [1.165, 1.54) is 0 Å². The van der Waals surface area contributed by atoms with Crippen molar-refractivity contribution < 1.29 is 4.79 Å². The van der Waals surface area contributed by atoms with E-state index in [-0.39, 0.29) is 5.91 Å². The van der Waals surface area contributed by atoms with Crippen LogP contribution in [0.5, 0.6) is 0 Å². The van der Waals surface area contributed by atoms with Crippen LogP contribution in [0.25, 0.3) is 0 Å². The van der Waals surface area contributed by atoms with Gasteiger partial charge >= 0.3 is 0 Å². The molecule has 0 bridgehead atoms. The maximum Gasteiger partial charge on any atom is 0.221 e. The average Bonchev–Trinajstić information content (AvgIpc) is 2.49. The quantitative estimate of drug-likeness (QED) is 0.703. The van der Waals surface area contributed by atoms with Gasteiger partial charge in [-0.05, 0) is 0 Å². The second kappa shape index (κ2) is 4.81. The van der Waals surface area contributed by atoms with Crippen molar-refractivity contribution in [2.45, 2.75) is 13.0 Å². The molecule has 0 radical (unpaired) electrons. The molecule has 1 aromatic rings. The van der Waals surface area contributed by atoms with E-state index in [4.69, 9.17) is 11.6 Å². The maximum absolute atomic E-state index is 11.0. The average molecular weight is 203 g/mol. The second-order valence-electron chi connectivity index (χ2n) is 2.55. The van der Waals surface area contributed by atoms with Gasteiger partial charge in [-0.25, -0.2) is 4.98 Å². The minimum atomic E-state index is -0.0811. The van der Waals surface area contributed by atoms with Crippen LogP contribution in [0.1, 0.15) is 12.2 Å². The second-order valence-corrected chi connectivity index (χ2v) is 2.93. The van der Waals surface area contributed by atoms with Gasteiger partial charge in [-0.1, -0.05) is 0 Å². The smallest absolute Gasteiger partial charge is 0.221 e. The molecule has 13 heavy (non-hydrogen) atoms. The van der Waals surface area contributed by atoms with Gasteiger partial charge in [-0.2, -0.15) is 5.10 Å². The first-order chi connectivity index (χ1) is 6.22. The molecule has 0 saturated carbocycles. The van der Waals surface area contributed by atoms with Gasteiger partial charge in [0.15, 0.2) is 5.82 Å². The van der Waals surface area contributed by atoms with E-state index in [2.05, 4.69) is 15.4 Å². The molecule has 0 fully saturated rings. The van der Waals surface area contributed by atoms with E-state index in [1.807, 2.05) is 0 Å². The highest BCUT2D eigenvalue weighted by Crippen LogP contribution is 1.89. The molecule has 0 aliphatic rings. The lowest BCUT2D eigenvalue weighted by Crippen LogP contribution is -2.23. The van der Waals surface area contributed by atoms with Gasteiger partial charge in [0.2, 0.25) is 5.91 Å². The van der Waals surface area contributed by atoms with Gasteiger partial charge in [-0.3, -0.25) is 9.48 Å². The number of alkyl halides is 1. The zero-order valence-corrected chi connectivity index (χ0v) is 8.08. The zero-order valence-electron chi connectivity index (χ0n) is 7.33. The van der Waals surface area contributed by atoms with Crippen molar-refractivity contribution in [2.24, 2.45) is 7.05 Å². The normalized spacial score (nSPS) is 10.0. The Morgan fingerprint density at radius 2 is 2.54 bits per heavy atom. The lowest BCUT2D eigenvalue weighted by atomic mass is 10.4. The van der Waals surface area contributed by atoms with Crippen molar-refractivity contribution in [1.29, 1.82) is 0 Å². The number of rotatable bonds is 4. The lowest BCUT2D eigenvalue weighted by Gasteiger charge is -1.99. The van der Waals surface area contributed by atoms with Gasteiger partial charge in [-0.15, -0.1) is 11.6 Å². The first kappa shape index (κ1) is 9.98. The molecular formula is C7H11ClN4O. The van der Waals surface area contributed by atoms with E-state index in [0.717, 1.165) is 0 Å². The number of hydrogen-bond acceptors (Lipinski definition) is 3. The minimum absolute atomic E-state index is 0.0811. The van der Waals surface area contributed by atoms with Gasteiger partial charge in [0, 0.05) is 19.3 Å². The van der Waals surface area contributed by atoms with Crippen molar-refractivity contribution in [1.82, 2.24) is 20.1 Å². The number of nitrogens with one attached hydrogen (secondary N) is 1. The third-order valence-corrected chi connectivity index (χ3v) is 1.60. The van der Waals surface area contributed by atoms with Crippen LogP contribution < -0.4 is 5.32 Å². The van der Waals surface area contributed by atoms with Gasteiger partial charge in [0.1, 0.15) is 6.33 Å². The molecule has 0 unspecified atom stereocenters. The van der Waals surface area contributed by atoms with Crippen molar-refractivity contribution in [3.63, 3.8) is 0 Å².